The molecule has 4 rings (SSSR count). The van der Waals surface area contributed by atoms with Crippen molar-refractivity contribution in [2.75, 3.05) is 0 Å². The van der Waals surface area contributed by atoms with Crippen molar-refractivity contribution in [3.8, 4) is 11.8 Å². The molecule has 0 heterocycles. The SMILES string of the molecule is CCC#CC1=CCC2C3CCC4=C(CC[C@H](O)C4)C3CC[C@]12C. The summed E-state index contributed by atoms with van der Waals surface area (Å²) in [4.78, 5) is 0. The molecule has 1 N–H and O–H groups in total. The topological polar surface area (TPSA) is 20.2 Å². The summed E-state index contributed by atoms with van der Waals surface area (Å²) in [6, 6.07) is 0. The maximum absolute atomic E-state index is 9.99. The number of aliphatic hydroxyl groups is 1. The molecule has 0 aromatic heterocycles. The summed E-state index contributed by atoms with van der Waals surface area (Å²) >= 11 is 0. The van der Waals surface area contributed by atoms with Crippen LogP contribution in [0.1, 0.15) is 71.6 Å². The van der Waals surface area contributed by atoms with Crippen LogP contribution >= 0.6 is 0 Å². The molecule has 4 aliphatic rings. The zero-order valence-corrected chi connectivity index (χ0v) is 14.7. The summed E-state index contributed by atoms with van der Waals surface area (Å²) in [7, 11) is 0. The monoisotopic (exact) mass is 310 g/mol. The molecular weight excluding hydrogens is 280 g/mol. The van der Waals surface area contributed by atoms with E-state index in [1.807, 2.05) is 0 Å². The van der Waals surface area contributed by atoms with Gasteiger partial charge in [-0.1, -0.05) is 42.9 Å². The van der Waals surface area contributed by atoms with Crippen LogP contribution in [0.15, 0.2) is 22.8 Å². The van der Waals surface area contributed by atoms with Crippen LogP contribution < -0.4 is 0 Å². The summed E-state index contributed by atoms with van der Waals surface area (Å²) in [6.07, 6.45) is 13.0. The molecule has 0 aromatic rings. The number of fused-ring (bicyclic) bond motifs is 4. The van der Waals surface area contributed by atoms with Crippen LogP contribution in [0.3, 0.4) is 0 Å². The Balaban J connectivity index is 1.60. The average Bonchev–Trinajstić information content (AvgIpc) is 2.89. The molecule has 124 valence electrons. The Hall–Kier alpha value is -1.00. The van der Waals surface area contributed by atoms with Gasteiger partial charge in [-0.3, -0.25) is 0 Å². The minimum absolute atomic E-state index is 0.0665. The second kappa shape index (κ2) is 5.82. The van der Waals surface area contributed by atoms with Gasteiger partial charge in [-0.2, -0.15) is 0 Å². The molecule has 0 aromatic carbocycles. The van der Waals surface area contributed by atoms with E-state index in [1.54, 1.807) is 11.1 Å². The zero-order chi connectivity index (χ0) is 16.0. The molecular formula is C22H30O. The van der Waals surface area contributed by atoms with E-state index in [2.05, 4.69) is 31.8 Å². The van der Waals surface area contributed by atoms with Crippen LogP contribution in [-0.4, -0.2) is 11.2 Å². The van der Waals surface area contributed by atoms with Crippen molar-refractivity contribution in [1.82, 2.24) is 0 Å². The lowest BCUT2D eigenvalue weighted by atomic mass is 9.53. The van der Waals surface area contributed by atoms with Crippen molar-refractivity contribution < 1.29 is 5.11 Å². The van der Waals surface area contributed by atoms with E-state index in [0.29, 0.717) is 5.41 Å². The van der Waals surface area contributed by atoms with Gasteiger partial charge in [-0.05, 0) is 69.1 Å². The van der Waals surface area contributed by atoms with E-state index in [9.17, 15) is 5.11 Å². The van der Waals surface area contributed by atoms with E-state index >= 15 is 0 Å². The van der Waals surface area contributed by atoms with E-state index in [0.717, 1.165) is 43.4 Å². The molecule has 0 radical (unpaired) electrons. The largest absolute Gasteiger partial charge is 0.393 e. The summed E-state index contributed by atoms with van der Waals surface area (Å²) in [5.41, 5.74) is 5.18. The molecule has 1 nitrogen and oxygen atoms in total. The fourth-order valence-electron chi connectivity index (χ4n) is 6.14. The fraction of sp³-hybridized carbons (Fsp3) is 0.727. The quantitative estimate of drug-likeness (QED) is 0.492. The normalized spacial score (nSPS) is 42.1. The van der Waals surface area contributed by atoms with E-state index in [-0.39, 0.29) is 6.10 Å². The van der Waals surface area contributed by atoms with Gasteiger partial charge < -0.3 is 5.11 Å². The van der Waals surface area contributed by atoms with E-state index in [1.165, 1.54) is 37.7 Å². The van der Waals surface area contributed by atoms with Crippen LogP contribution in [0, 0.1) is 35.0 Å². The number of aliphatic hydroxyl groups excluding tert-OH is 1. The number of rotatable bonds is 0. The Kier molecular flexibility index (Phi) is 3.93. The van der Waals surface area contributed by atoms with Gasteiger partial charge in [0, 0.05) is 17.4 Å². The van der Waals surface area contributed by atoms with Gasteiger partial charge in [0.05, 0.1) is 6.10 Å². The van der Waals surface area contributed by atoms with Crippen molar-refractivity contribution >= 4 is 0 Å². The molecule has 1 fully saturated rings. The zero-order valence-electron chi connectivity index (χ0n) is 14.7. The first-order valence-corrected chi connectivity index (χ1v) is 9.72. The Morgan fingerprint density at radius 3 is 2.96 bits per heavy atom. The standard InChI is InChI=1S/C22H30O/c1-3-4-5-16-7-11-21-20-9-6-15-14-17(23)8-10-18(15)19(20)12-13-22(16,21)2/h7,17,19-21,23H,3,6,8-14H2,1-2H3/t17-,19?,20?,21?,22+/m0/s1. The Morgan fingerprint density at radius 1 is 1.26 bits per heavy atom. The lowest BCUT2D eigenvalue weighted by molar-refractivity contribution is 0.0518. The molecule has 1 heteroatoms. The third-order valence-electron chi connectivity index (χ3n) is 7.33. The smallest absolute Gasteiger partial charge is 0.0580 e. The van der Waals surface area contributed by atoms with E-state index < -0.39 is 0 Å². The molecule has 23 heavy (non-hydrogen) atoms. The van der Waals surface area contributed by atoms with Gasteiger partial charge in [0.25, 0.3) is 0 Å². The first kappa shape index (κ1) is 15.5. The van der Waals surface area contributed by atoms with Crippen molar-refractivity contribution in [2.24, 2.45) is 23.2 Å². The Labute approximate surface area is 141 Å². The maximum Gasteiger partial charge on any atom is 0.0580 e. The third kappa shape index (κ3) is 2.42. The molecule has 0 spiro atoms. The van der Waals surface area contributed by atoms with Crippen LogP contribution in [0.5, 0.6) is 0 Å². The summed E-state index contributed by atoms with van der Waals surface area (Å²) < 4.78 is 0. The summed E-state index contributed by atoms with van der Waals surface area (Å²) in [5.74, 6) is 9.30. The minimum Gasteiger partial charge on any atom is -0.393 e. The molecule has 0 bridgehead atoms. The molecule has 1 saturated carbocycles. The van der Waals surface area contributed by atoms with Crippen molar-refractivity contribution in [2.45, 2.75) is 77.7 Å². The van der Waals surface area contributed by atoms with Crippen LogP contribution in [0.4, 0.5) is 0 Å². The average molecular weight is 310 g/mol. The predicted molar refractivity (Wildman–Crippen MR) is 94.7 cm³/mol. The highest BCUT2D eigenvalue weighted by Gasteiger charge is 2.52. The lowest BCUT2D eigenvalue weighted by Gasteiger charge is -2.51. The van der Waals surface area contributed by atoms with Gasteiger partial charge in [-0.15, -0.1) is 0 Å². The maximum atomic E-state index is 9.99. The highest BCUT2D eigenvalue weighted by Crippen LogP contribution is 2.61. The van der Waals surface area contributed by atoms with Crippen LogP contribution in [0.25, 0.3) is 0 Å². The highest BCUT2D eigenvalue weighted by molar-refractivity contribution is 5.41. The van der Waals surface area contributed by atoms with E-state index in [4.69, 9.17) is 0 Å². The van der Waals surface area contributed by atoms with Gasteiger partial charge in [0.1, 0.15) is 0 Å². The summed E-state index contributed by atoms with van der Waals surface area (Å²) in [5, 5.41) is 9.99. The predicted octanol–water partition coefficient (Wildman–Crippen LogP) is 5.01. The molecule has 0 saturated heterocycles. The minimum atomic E-state index is -0.0665. The van der Waals surface area contributed by atoms with Crippen LogP contribution in [0.2, 0.25) is 0 Å². The van der Waals surface area contributed by atoms with Gasteiger partial charge in [-0.25, -0.2) is 0 Å². The second-order valence-electron chi connectivity index (χ2n) is 8.41. The lowest BCUT2D eigenvalue weighted by Crippen LogP contribution is -2.43. The first-order valence-electron chi connectivity index (χ1n) is 9.72. The Bertz CT molecular complexity index is 614. The van der Waals surface area contributed by atoms with Crippen molar-refractivity contribution in [3.63, 3.8) is 0 Å². The van der Waals surface area contributed by atoms with Crippen molar-refractivity contribution in [3.05, 3.63) is 22.8 Å². The Morgan fingerprint density at radius 2 is 2.13 bits per heavy atom. The number of allylic oxidation sites excluding steroid dienone is 3. The van der Waals surface area contributed by atoms with Gasteiger partial charge >= 0.3 is 0 Å². The molecule has 3 unspecified atom stereocenters. The molecule has 0 amide bonds. The fourth-order valence-corrected chi connectivity index (χ4v) is 6.14. The molecule has 5 atom stereocenters. The highest BCUT2D eigenvalue weighted by atomic mass is 16.3. The van der Waals surface area contributed by atoms with Crippen molar-refractivity contribution in [1.29, 1.82) is 0 Å². The molecule has 0 aliphatic heterocycles. The molecule has 4 aliphatic carbocycles. The first-order chi connectivity index (χ1) is 11.1. The van der Waals surface area contributed by atoms with Gasteiger partial charge in [0.2, 0.25) is 0 Å². The number of hydrogen-bond donors (Lipinski definition) is 1. The third-order valence-corrected chi connectivity index (χ3v) is 7.33. The second-order valence-corrected chi connectivity index (χ2v) is 8.41. The number of hydrogen-bond acceptors (Lipinski definition) is 1. The summed E-state index contributed by atoms with van der Waals surface area (Å²) in [6.45, 7) is 4.64. The van der Waals surface area contributed by atoms with Gasteiger partial charge in [0.15, 0.2) is 0 Å². The van der Waals surface area contributed by atoms with Crippen LogP contribution in [-0.2, 0) is 0 Å².